The Balaban J connectivity index is 2.19. The Morgan fingerprint density at radius 2 is 1.95 bits per heavy atom. The molecular weight excluding hydrogens is 278 g/mol. The van der Waals surface area contributed by atoms with Crippen LogP contribution in [0.15, 0.2) is 28.4 Å². The zero-order valence-electron chi connectivity index (χ0n) is 10.9. The van der Waals surface area contributed by atoms with E-state index in [-0.39, 0.29) is 17.7 Å². The highest BCUT2D eigenvalue weighted by Gasteiger charge is 2.29. The Morgan fingerprint density at radius 3 is 2.52 bits per heavy atom. The molecule has 0 amide bonds. The van der Waals surface area contributed by atoms with Crippen molar-refractivity contribution in [1.29, 1.82) is 0 Å². The first-order valence-electron chi connectivity index (χ1n) is 6.14. The first-order chi connectivity index (χ1) is 9.88. The van der Waals surface area contributed by atoms with Gasteiger partial charge in [-0.15, -0.1) is 0 Å². The fourth-order valence-electron chi connectivity index (χ4n) is 1.83. The molecule has 1 heterocycles. The number of aliphatic carboxylic acids is 1. The van der Waals surface area contributed by atoms with E-state index in [2.05, 4.69) is 10.2 Å². The standard InChI is InChI=1S/C13H13N3O5/c14-9(13(20)21)3-6-1-2-7(17)4-8(6)10(18)5-11(19)12-15-16-12/h1-2,4,9,12,17H,3,5,14H2,(H,20,21). The average molecular weight is 291 g/mol. The summed E-state index contributed by atoms with van der Waals surface area (Å²) in [6.45, 7) is 0. The zero-order valence-corrected chi connectivity index (χ0v) is 10.9. The molecule has 0 bridgehead atoms. The summed E-state index contributed by atoms with van der Waals surface area (Å²) in [7, 11) is 0. The second-order valence-electron chi connectivity index (χ2n) is 4.66. The number of carboxylic acids is 1. The summed E-state index contributed by atoms with van der Waals surface area (Å²) in [6.07, 6.45) is -1.25. The van der Waals surface area contributed by atoms with Crippen LogP contribution in [0.5, 0.6) is 5.75 Å². The molecule has 0 aliphatic carbocycles. The number of nitrogens with two attached hydrogens (primary N) is 1. The molecule has 21 heavy (non-hydrogen) atoms. The Morgan fingerprint density at radius 1 is 1.29 bits per heavy atom. The van der Waals surface area contributed by atoms with Crippen LogP contribution in [0.2, 0.25) is 0 Å². The van der Waals surface area contributed by atoms with Crippen LogP contribution < -0.4 is 5.73 Å². The van der Waals surface area contributed by atoms with E-state index < -0.39 is 36.2 Å². The summed E-state index contributed by atoms with van der Waals surface area (Å²) in [5.74, 6) is -2.31. The second kappa shape index (κ2) is 5.80. The highest BCUT2D eigenvalue weighted by Crippen LogP contribution is 2.21. The molecule has 8 nitrogen and oxygen atoms in total. The van der Waals surface area contributed by atoms with Crippen LogP contribution in [0.1, 0.15) is 22.3 Å². The molecule has 1 aromatic carbocycles. The van der Waals surface area contributed by atoms with Crippen molar-refractivity contribution >= 4 is 17.5 Å². The molecule has 0 fully saturated rings. The van der Waals surface area contributed by atoms with Gasteiger partial charge in [-0.3, -0.25) is 14.4 Å². The molecule has 1 unspecified atom stereocenters. The number of rotatable bonds is 7. The maximum Gasteiger partial charge on any atom is 0.320 e. The van der Waals surface area contributed by atoms with Crippen molar-refractivity contribution in [3.63, 3.8) is 0 Å². The van der Waals surface area contributed by atoms with Gasteiger partial charge < -0.3 is 15.9 Å². The molecule has 0 saturated carbocycles. The van der Waals surface area contributed by atoms with Crippen molar-refractivity contribution in [2.24, 2.45) is 16.0 Å². The molecule has 0 radical (unpaired) electrons. The third kappa shape index (κ3) is 3.69. The molecule has 1 aromatic rings. The van der Waals surface area contributed by atoms with E-state index in [4.69, 9.17) is 10.8 Å². The van der Waals surface area contributed by atoms with Crippen molar-refractivity contribution in [1.82, 2.24) is 0 Å². The van der Waals surface area contributed by atoms with Crippen LogP contribution in [-0.4, -0.2) is 40.0 Å². The highest BCUT2D eigenvalue weighted by molar-refractivity contribution is 6.10. The van der Waals surface area contributed by atoms with Gasteiger partial charge in [0.25, 0.3) is 0 Å². The van der Waals surface area contributed by atoms with Gasteiger partial charge in [0, 0.05) is 5.56 Å². The molecule has 1 aliphatic heterocycles. The smallest absolute Gasteiger partial charge is 0.320 e. The number of carboxylic acid groups (broad SMARTS) is 1. The number of carbonyl (C=O) groups is 3. The lowest BCUT2D eigenvalue weighted by Gasteiger charge is -2.11. The normalized spacial score (nSPS) is 14.7. The van der Waals surface area contributed by atoms with Crippen LogP contribution in [0.25, 0.3) is 0 Å². The number of ketones is 2. The Kier molecular flexibility index (Phi) is 4.08. The minimum absolute atomic E-state index is 0.0803. The first-order valence-corrected chi connectivity index (χ1v) is 6.14. The molecule has 0 saturated heterocycles. The SMILES string of the molecule is NC(Cc1ccc(O)cc1C(=O)CC(=O)C1N=N1)C(=O)O. The monoisotopic (exact) mass is 291 g/mol. The van der Waals surface area contributed by atoms with Gasteiger partial charge in [0.2, 0.25) is 6.17 Å². The number of benzene rings is 1. The number of phenols is 1. The quantitative estimate of drug-likeness (QED) is 0.486. The predicted octanol–water partition coefficient (Wildman–Crippen LogP) is 0.280. The van der Waals surface area contributed by atoms with E-state index in [1.807, 2.05) is 0 Å². The van der Waals surface area contributed by atoms with Gasteiger partial charge in [0.05, 0.1) is 6.42 Å². The fraction of sp³-hybridized carbons (Fsp3) is 0.308. The number of phenolic OH excluding ortho intramolecular Hbond substituents is 1. The Labute approximate surface area is 119 Å². The summed E-state index contributed by atoms with van der Waals surface area (Å²) >= 11 is 0. The van der Waals surface area contributed by atoms with Gasteiger partial charge in [-0.05, 0) is 24.1 Å². The molecule has 4 N–H and O–H groups in total. The first kappa shape index (κ1) is 14.8. The van der Waals surface area contributed by atoms with E-state index >= 15 is 0 Å². The van der Waals surface area contributed by atoms with E-state index in [1.165, 1.54) is 18.2 Å². The Bertz CT molecular complexity index is 635. The third-order valence-corrected chi connectivity index (χ3v) is 3.00. The zero-order chi connectivity index (χ0) is 15.6. The number of carbonyl (C=O) groups excluding carboxylic acids is 2. The van der Waals surface area contributed by atoms with E-state index in [0.717, 1.165) is 0 Å². The average Bonchev–Trinajstić information content (AvgIpc) is 3.24. The summed E-state index contributed by atoms with van der Waals surface area (Å²) < 4.78 is 0. The molecule has 110 valence electrons. The van der Waals surface area contributed by atoms with Crippen LogP contribution in [-0.2, 0) is 16.0 Å². The molecule has 2 rings (SSSR count). The molecular formula is C13H13N3O5. The Hall–Kier alpha value is -2.61. The maximum absolute atomic E-state index is 12.1. The van der Waals surface area contributed by atoms with Gasteiger partial charge in [0.15, 0.2) is 11.6 Å². The minimum Gasteiger partial charge on any atom is -0.508 e. The minimum atomic E-state index is -1.20. The highest BCUT2D eigenvalue weighted by atomic mass is 16.4. The van der Waals surface area contributed by atoms with Gasteiger partial charge in [-0.1, -0.05) is 6.07 Å². The van der Waals surface area contributed by atoms with Crippen LogP contribution in [0.3, 0.4) is 0 Å². The topological polar surface area (TPSA) is 142 Å². The number of hydrogen-bond acceptors (Lipinski definition) is 7. The number of nitrogens with zero attached hydrogens (tertiary/aromatic N) is 2. The van der Waals surface area contributed by atoms with Gasteiger partial charge in [-0.2, -0.15) is 10.2 Å². The predicted molar refractivity (Wildman–Crippen MR) is 70.0 cm³/mol. The van der Waals surface area contributed by atoms with Crippen LogP contribution in [0, 0.1) is 0 Å². The van der Waals surface area contributed by atoms with Crippen molar-refractivity contribution in [3.8, 4) is 5.75 Å². The van der Waals surface area contributed by atoms with E-state index in [9.17, 15) is 19.5 Å². The summed E-state index contributed by atoms with van der Waals surface area (Å²) in [5, 5.41) is 25.2. The lowest BCUT2D eigenvalue weighted by Crippen LogP contribution is -2.32. The lowest BCUT2D eigenvalue weighted by atomic mass is 9.95. The lowest BCUT2D eigenvalue weighted by molar-refractivity contribution is -0.138. The van der Waals surface area contributed by atoms with Gasteiger partial charge >= 0.3 is 5.97 Å². The molecule has 0 aromatic heterocycles. The van der Waals surface area contributed by atoms with Crippen molar-refractivity contribution in [2.75, 3.05) is 0 Å². The van der Waals surface area contributed by atoms with Crippen molar-refractivity contribution in [2.45, 2.75) is 25.0 Å². The van der Waals surface area contributed by atoms with Crippen molar-refractivity contribution < 1.29 is 24.6 Å². The third-order valence-electron chi connectivity index (χ3n) is 3.00. The van der Waals surface area contributed by atoms with E-state index in [0.29, 0.717) is 5.56 Å². The van der Waals surface area contributed by atoms with Gasteiger partial charge in [-0.25, -0.2) is 0 Å². The second-order valence-corrected chi connectivity index (χ2v) is 4.66. The fourth-order valence-corrected chi connectivity index (χ4v) is 1.83. The number of Topliss-reactive ketones (excluding diaryl/α,β-unsaturated/α-hetero) is 2. The number of aromatic hydroxyl groups is 1. The van der Waals surface area contributed by atoms with E-state index in [1.54, 1.807) is 0 Å². The summed E-state index contributed by atoms with van der Waals surface area (Å²) in [4.78, 5) is 34.4. The largest absolute Gasteiger partial charge is 0.508 e. The van der Waals surface area contributed by atoms with Crippen LogP contribution in [0.4, 0.5) is 0 Å². The van der Waals surface area contributed by atoms with Gasteiger partial charge in [0.1, 0.15) is 11.8 Å². The summed E-state index contributed by atoms with van der Waals surface area (Å²) in [5.41, 5.74) is 5.89. The molecule has 1 aliphatic rings. The molecule has 1 atom stereocenters. The maximum atomic E-state index is 12.1. The van der Waals surface area contributed by atoms with Crippen LogP contribution >= 0.6 is 0 Å². The molecule has 0 spiro atoms. The summed E-state index contributed by atoms with van der Waals surface area (Å²) in [6, 6.07) is 2.77. The number of hydrogen-bond donors (Lipinski definition) is 3. The molecule has 8 heteroatoms. The van der Waals surface area contributed by atoms with Crippen molar-refractivity contribution in [3.05, 3.63) is 29.3 Å².